The van der Waals surface area contributed by atoms with Gasteiger partial charge in [-0.15, -0.1) is 0 Å². The number of rotatable bonds is 4. The van der Waals surface area contributed by atoms with Gasteiger partial charge < -0.3 is 21.1 Å². The average molecular weight is 410 g/mol. The van der Waals surface area contributed by atoms with Gasteiger partial charge >= 0.3 is 6.03 Å². The highest BCUT2D eigenvalue weighted by Crippen LogP contribution is 2.38. The van der Waals surface area contributed by atoms with Gasteiger partial charge in [-0.25, -0.2) is 9.69 Å². The minimum Gasteiger partial charge on any atom is -0.496 e. The third kappa shape index (κ3) is 4.22. The van der Waals surface area contributed by atoms with Crippen LogP contribution in [0.2, 0.25) is 0 Å². The van der Waals surface area contributed by atoms with E-state index in [-0.39, 0.29) is 17.9 Å². The van der Waals surface area contributed by atoms with E-state index in [1.54, 1.807) is 30.3 Å². The number of hydrogen-bond acceptors (Lipinski definition) is 5. The molecule has 0 saturated carbocycles. The SMILES string of the molecule is COc1c(C(=O)Nc2ccc(N)cc2)cc(N2C(=O)CCNC2=O)cc1C(C)(C)C. The summed E-state index contributed by atoms with van der Waals surface area (Å²) in [6, 6.07) is 9.46. The van der Waals surface area contributed by atoms with Crippen LogP contribution in [0.3, 0.4) is 0 Å². The van der Waals surface area contributed by atoms with Crippen molar-refractivity contribution in [2.45, 2.75) is 32.6 Å². The fraction of sp³-hybridized carbons (Fsp3) is 0.318. The zero-order chi connectivity index (χ0) is 22.1. The maximum absolute atomic E-state index is 13.1. The van der Waals surface area contributed by atoms with Gasteiger partial charge in [-0.05, 0) is 41.8 Å². The second-order valence-electron chi connectivity index (χ2n) is 8.11. The third-order valence-corrected chi connectivity index (χ3v) is 4.82. The average Bonchev–Trinajstić information content (AvgIpc) is 2.68. The van der Waals surface area contributed by atoms with Crippen LogP contribution in [-0.2, 0) is 10.2 Å². The van der Waals surface area contributed by atoms with Gasteiger partial charge in [0.2, 0.25) is 5.91 Å². The van der Waals surface area contributed by atoms with E-state index in [0.717, 1.165) is 4.90 Å². The summed E-state index contributed by atoms with van der Waals surface area (Å²) in [5, 5.41) is 5.48. The largest absolute Gasteiger partial charge is 0.496 e. The van der Waals surface area contributed by atoms with Crippen LogP contribution in [0.15, 0.2) is 36.4 Å². The summed E-state index contributed by atoms with van der Waals surface area (Å²) in [6.45, 7) is 6.19. The lowest BCUT2D eigenvalue weighted by molar-refractivity contribution is -0.118. The van der Waals surface area contributed by atoms with E-state index in [2.05, 4.69) is 10.6 Å². The second kappa shape index (κ2) is 8.06. The summed E-state index contributed by atoms with van der Waals surface area (Å²) in [7, 11) is 1.49. The van der Waals surface area contributed by atoms with Gasteiger partial charge in [0.15, 0.2) is 0 Å². The number of nitrogens with two attached hydrogens (primary N) is 1. The topological polar surface area (TPSA) is 114 Å². The molecule has 1 aliphatic heterocycles. The van der Waals surface area contributed by atoms with Crippen molar-refractivity contribution in [3.05, 3.63) is 47.5 Å². The number of benzene rings is 2. The highest BCUT2D eigenvalue weighted by atomic mass is 16.5. The highest BCUT2D eigenvalue weighted by molar-refractivity contribution is 6.17. The summed E-state index contributed by atoms with van der Waals surface area (Å²) in [5.74, 6) is -0.355. The first-order valence-corrected chi connectivity index (χ1v) is 9.62. The molecule has 8 nitrogen and oxygen atoms in total. The minimum atomic E-state index is -0.513. The number of imide groups is 1. The zero-order valence-electron chi connectivity index (χ0n) is 17.5. The first-order chi connectivity index (χ1) is 14.1. The number of nitrogen functional groups attached to an aromatic ring is 1. The van der Waals surface area contributed by atoms with E-state index in [0.29, 0.717) is 34.9 Å². The number of nitrogens with one attached hydrogen (secondary N) is 2. The predicted octanol–water partition coefficient (Wildman–Crippen LogP) is 3.27. The van der Waals surface area contributed by atoms with Gasteiger partial charge in [0.25, 0.3) is 5.91 Å². The lowest BCUT2D eigenvalue weighted by Crippen LogP contribution is -2.50. The van der Waals surface area contributed by atoms with Crippen LogP contribution in [0, 0.1) is 0 Å². The summed E-state index contributed by atoms with van der Waals surface area (Å²) in [5.41, 5.74) is 7.69. The molecule has 4 amide bonds. The van der Waals surface area contributed by atoms with E-state index < -0.39 is 17.4 Å². The molecular weight excluding hydrogens is 384 g/mol. The van der Waals surface area contributed by atoms with Crippen LogP contribution < -0.4 is 26.0 Å². The van der Waals surface area contributed by atoms with Crippen molar-refractivity contribution in [3.63, 3.8) is 0 Å². The van der Waals surface area contributed by atoms with Crippen LogP contribution in [0.5, 0.6) is 5.75 Å². The fourth-order valence-electron chi connectivity index (χ4n) is 3.29. The van der Waals surface area contributed by atoms with E-state index in [1.165, 1.54) is 13.2 Å². The first kappa shape index (κ1) is 21.2. The molecule has 30 heavy (non-hydrogen) atoms. The standard InChI is InChI=1S/C22H26N4O4/c1-22(2,3)17-12-15(26-18(27)9-10-24-21(26)29)11-16(19(17)30-4)20(28)25-14-7-5-13(23)6-8-14/h5-8,11-12H,9-10,23H2,1-4H3,(H,24,29)(H,25,28). The monoisotopic (exact) mass is 410 g/mol. The molecule has 0 aromatic heterocycles. The van der Waals surface area contributed by atoms with Crippen LogP contribution in [-0.4, -0.2) is 31.5 Å². The number of anilines is 3. The molecule has 1 heterocycles. The van der Waals surface area contributed by atoms with Crippen LogP contribution in [0.25, 0.3) is 0 Å². The molecule has 3 rings (SSSR count). The molecule has 0 unspecified atom stereocenters. The Bertz CT molecular complexity index is 977. The smallest absolute Gasteiger partial charge is 0.328 e. The number of carbonyl (C=O) groups is 3. The zero-order valence-corrected chi connectivity index (χ0v) is 17.5. The van der Waals surface area contributed by atoms with Crippen LogP contribution in [0.1, 0.15) is 43.1 Å². The Kier molecular flexibility index (Phi) is 5.69. The molecule has 1 fully saturated rings. The number of amides is 4. The van der Waals surface area contributed by atoms with Crippen molar-refractivity contribution in [3.8, 4) is 5.75 Å². The van der Waals surface area contributed by atoms with Gasteiger partial charge in [-0.1, -0.05) is 20.8 Å². The lowest BCUT2D eigenvalue weighted by Gasteiger charge is -2.30. The molecule has 0 radical (unpaired) electrons. The van der Waals surface area contributed by atoms with Crippen molar-refractivity contribution in [1.82, 2.24) is 5.32 Å². The Balaban J connectivity index is 2.12. The molecule has 0 atom stereocenters. The van der Waals surface area contributed by atoms with Crippen molar-refractivity contribution in [2.24, 2.45) is 0 Å². The molecule has 2 aromatic carbocycles. The molecule has 0 aliphatic carbocycles. The first-order valence-electron chi connectivity index (χ1n) is 9.62. The Labute approximate surface area is 175 Å². The summed E-state index contributed by atoms with van der Waals surface area (Å²) >= 11 is 0. The van der Waals surface area contributed by atoms with Crippen LogP contribution >= 0.6 is 0 Å². The number of ether oxygens (including phenoxy) is 1. The van der Waals surface area contributed by atoms with E-state index in [9.17, 15) is 14.4 Å². The van der Waals surface area contributed by atoms with Gasteiger partial charge in [0.1, 0.15) is 5.75 Å². The normalized spacial score (nSPS) is 14.3. The Morgan fingerprint density at radius 3 is 2.40 bits per heavy atom. The molecule has 0 spiro atoms. The number of methoxy groups -OCH3 is 1. The van der Waals surface area contributed by atoms with E-state index in [1.807, 2.05) is 20.8 Å². The molecular formula is C22H26N4O4. The van der Waals surface area contributed by atoms with E-state index in [4.69, 9.17) is 10.5 Å². The Hall–Kier alpha value is -3.55. The summed E-state index contributed by atoms with van der Waals surface area (Å²) in [4.78, 5) is 39.0. The summed E-state index contributed by atoms with van der Waals surface area (Å²) < 4.78 is 5.59. The summed E-state index contributed by atoms with van der Waals surface area (Å²) in [6.07, 6.45) is 0.190. The molecule has 158 valence electrons. The Morgan fingerprint density at radius 2 is 1.83 bits per heavy atom. The van der Waals surface area contributed by atoms with Crippen molar-refractivity contribution in [1.29, 1.82) is 0 Å². The van der Waals surface area contributed by atoms with Gasteiger partial charge in [0.05, 0.1) is 18.4 Å². The third-order valence-electron chi connectivity index (χ3n) is 4.82. The molecule has 1 saturated heterocycles. The number of hydrogen-bond donors (Lipinski definition) is 3. The minimum absolute atomic E-state index is 0.190. The molecule has 1 aliphatic rings. The highest BCUT2D eigenvalue weighted by Gasteiger charge is 2.32. The quantitative estimate of drug-likeness (QED) is 0.670. The van der Waals surface area contributed by atoms with Gasteiger partial charge in [-0.2, -0.15) is 0 Å². The number of urea groups is 1. The Morgan fingerprint density at radius 1 is 1.17 bits per heavy atom. The predicted molar refractivity (Wildman–Crippen MR) is 116 cm³/mol. The second-order valence-corrected chi connectivity index (χ2v) is 8.11. The van der Waals surface area contributed by atoms with E-state index >= 15 is 0 Å². The molecule has 0 bridgehead atoms. The molecule has 2 aromatic rings. The lowest BCUT2D eigenvalue weighted by atomic mass is 9.84. The molecule has 8 heteroatoms. The van der Waals surface area contributed by atoms with Crippen molar-refractivity contribution >= 4 is 34.9 Å². The van der Waals surface area contributed by atoms with Crippen molar-refractivity contribution < 1.29 is 19.1 Å². The fourth-order valence-corrected chi connectivity index (χ4v) is 3.29. The molecule has 4 N–H and O–H groups in total. The van der Waals surface area contributed by atoms with Gasteiger partial charge in [-0.3, -0.25) is 9.59 Å². The van der Waals surface area contributed by atoms with Crippen LogP contribution in [0.4, 0.5) is 21.9 Å². The number of nitrogens with zero attached hydrogens (tertiary/aromatic N) is 1. The van der Waals surface area contributed by atoms with Gasteiger partial charge in [0, 0.05) is 29.9 Å². The number of carbonyl (C=O) groups excluding carboxylic acids is 3. The van der Waals surface area contributed by atoms with Crippen molar-refractivity contribution in [2.75, 3.05) is 29.6 Å². The maximum Gasteiger partial charge on any atom is 0.328 e. The maximum atomic E-state index is 13.1.